The number of fused-ring (bicyclic) bond motifs is 1. The summed E-state index contributed by atoms with van der Waals surface area (Å²) in [5, 5.41) is 0. The van der Waals surface area contributed by atoms with Gasteiger partial charge < -0.3 is 5.73 Å². The van der Waals surface area contributed by atoms with E-state index >= 15 is 0 Å². The molecule has 0 amide bonds. The summed E-state index contributed by atoms with van der Waals surface area (Å²) in [6, 6.07) is 7.74. The van der Waals surface area contributed by atoms with Gasteiger partial charge in [0.2, 0.25) is 0 Å². The largest absolute Gasteiger partial charge is 0.320 e. The third kappa shape index (κ3) is 2.12. The van der Waals surface area contributed by atoms with Gasteiger partial charge in [-0.1, -0.05) is 12.1 Å². The Balaban J connectivity index is 2.17. The molecule has 5 heteroatoms. The highest BCUT2D eigenvalue weighted by Gasteiger charge is 2.17. The summed E-state index contributed by atoms with van der Waals surface area (Å²) in [6.07, 6.45) is 3.11. The number of benzene rings is 2. The van der Waals surface area contributed by atoms with E-state index in [1.54, 1.807) is 30.6 Å². The fourth-order valence-corrected chi connectivity index (χ4v) is 2.19. The lowest BCUT2D eigenvalue weighted by molar-refractivity contribution is 0.577. The monoisotopic (exact) mass is 271 g/mol. The lowest BCUT2D eigenvalue weighted by Gasteiger charge is -2.15. The van der Waals surface area contributed by atoms with E-state index in [9.17, 15) is 8.78 Å². The fraction of sp³-hybridized carbons (Fsp3) is 0.0667. The minimum Gasteiger partial charge on any atom is -0.320 e. The van der Waals surface area contributed by atoms with Crippen LogP contribution >= 0.6 is 0 Å². The Morgan fingerprint density at radius 2 is 1.75 bits per heavy atom. The van der Waals surface area contributed by atoms with Crippen LogP contribution in [0, 0.1) is 11.6 Å². The van der Waals surface area contributed by atoms with Gasteiger partial charge in [-0.2, -0.15) is 0 Å². The van der Waals surface area contributed by atoms with Crippen molar-refractivity contribution in [1.82, 2.24) is 9.97 Å². The second-order valence-corrected chi connectivity index (χ2v) is 4.41. The summed E-state index contributed by atoms with van der Waals surface area (Å²) >= 11 is 0. The molecule has 2 aromatic carbocycles. The highest BCUT2D eigenvalue weighted by molar-refractivity contribution is 5.78. The number of nitrogens with zero attached hydrogens (tertiary/aromatic N) is 2. The summed E-state index contributed by atoms with van der Waals surface area (Å²) in [7, 11) is 0. The molecule has 0 radical (unpaired) electrons. The predicted molar refractivity (Wildman–Crippen MR) is 71.9 cm³/mol. The van der Waals surface area contributed by atoms with Gasteiger partial charge in [-0.15, -0.1) is 0 Å². The first-order chi connectivity index (χ1) is 9.66. The van der Waals surface area contributed by atoms with Crippen molar-refractivity contribution in [1.29, 1.82) is 0 Å². The Morgan fingerprint density at radius 1 is 0.950 bits per heavy atom. The van der Waals surface area contributed by atoms with E-state index < -0.39 is 17.7 Å². The third-order valence-electron chi connectivity index (χ3n) is 3.16. The summed E-state index contributed by atoms with van der Waals surface area (Å²) in [5.74, 6) is -1.07. The van der Waals surface area contributed by atoms with E-state index in [-0.39, 0.29) is 5.56 Å². The number of rotatable bonds is 2. The molecule has 1 unspecified atom stereocenters. The number of halogens is 2. The summed E-state index contributed by atoms with van der Waals surface area (Å²) < 4.78 is 27.1. The standard InChI is InChI=1S/C15H11F2N3/c16-9-4-5-12(17)11(8-9)14(18)10-2-1-3-13-15(10)20-7-6-19-13/h1-8,14H,18H2. The van der Waals surface area contributed by atoms with Crippen LogP contribution in [0.4, 0.5) is 8.78 Å². The molecular weight excluding hydrogens is 260 g/mol. The molecule has 1 aromatic heterocycles. The maximum Gasteiger partial charge on any atom is 0.128 e. The molecule has 0 saturated carbocycles. The van der Waals surface area contributed by atoms with E-state index in [0.29, 0.717) is 16.6 Å². The second kappa shape index (κ2) is 4.94. The van der Waals surface area contributed by atoms with Gasteiger partial charge in [0.1, 0.15) is 11.6 Å². The molecule has 1 heterocycles. The van der Waals surface area contributed by atoms with Gasteiger partial charge in [0, 0.05) is 23.5 Å². The molecular formula is C15H11F2N3. The number of aromatic nitrogens is 2. The molecule has 2 N–H and O–H groups in total. The van der Waals surface area contributed by atoms with Gasteiger partial charge in [0.15, 0.2) is 0 Å². The molecule has 0 aliphatic heterocycles. The van der Waals surface area contributed by atoms with Crippen molar-refractivity contribution in [2.75, 3.05) is 0 Å². The van der Waals surface area contributed by atoms with Crippen molar-refractivity contribution >= 4 is 11.0 Å². The minimum absolute atomic E-state index is 0.100. The highest BCUT2D eigenvalue weighted by Crippen LogP contribution is 2.27. The smallest absolute Gasteiger partial charge is 0.128 e. The first kappa shape index (κ1) is 12.6. The van der Waals surface area contributed by atoms with Crippen molar-refractivity contribution in [3.63, 3.8) is 0 Å². The van der Waals surface area contributed by atoms with Crippen LogP contribution in [0.2, 0.25) is 0 Å². The maximum absolute atomic E-state index is 13.8. The Labute approximate surface area is 114 Å². The molecule has 3 nitrogen and oxygen atoms in total. The Bertz CT molecular complexity index is 769. The van der Waals surface area contributed by atoms with Gasteiger partial charge in [-0.25, -0.2) is 8.78 Å². The van der Waals surface area contributed by atoms with E-state index in [1.807, 2.05) is 0 Å². The predicted octanol–water partition coefficient (Wildman–Crippen LogP) is 2.96. The van der Waals surface area contributed by atoms with Crippen molar-refractivity contribution in [2.24, 2.45) is 5.73 Å². The maximum atomic E-state index is 13.8. The van der Waals surface area contributed by atoms with Gasteiger partial charge in [0.05, 0.1) is 17.1 Å². The zero-order valence-electron chi connectivity index (χ0n) is 10.4. The van der Waals surface area contributed by atoms with E-state index in [1.165, 1.54) is 0 Å². The zero-order valence-corrected chi connectivity index (χ0v) is 10.4. The van der Waals surface area contributed by atoms with Gasteiger partial charge in [0.25, 0.3) is 0 Å². The van der Waals surface area contributed by atoms with Crippen LogP contribution in [0.25, 0.3) is 11.0 Å². The average Bonchev–Trinajstić information content (AvgIpc) is 2.48. The van der Waals surface area contributed by atoms with Crippen LogP contribution in [-0.2, 0) is 0 Å². The van der Waals surface area contributed by atoms with Crippen molar-refractivity contribution in [3.8, 4) is 0 Å². The zero-order chi connectivity index (χ0) is 14.1. The number of para-hydroxylation sites is 1. The molecule has 1 atom stereocenters. The average molecular weight is 271 g/mol. The Hall–Kier alpha value is -2.40. The van der Waals surface area contributed by atoms with Crippen molar-refractivity contribution in [3.05, 3.63) is 71.6 Å². The van der Waals surface area contributed by atoms with Crippen molar-refractivity contribution < 1.29 is 8.78 Å². The summed E-state index contributed by atoms with van der Waals surface area (Å²) in [6.45, 7) is 0. The van der Waals surface area contributed by atoms with Crippen LogP contribution in [0.3, 0.4) is 0 Å². The van der Waals surface area contributed by atoms with Crippen LogP contribution in [0.15, 0.2) is 48.8 Å². The minimum atomic E-state index is -0.800. The van der Waals surface area contributed by atoms with Crippen LogP contribution in [-0.4, -0.2) is 9.97 Å². The molecule has 0 aliphatic rings. The van der Waals surface area contributed by atoms with E-state index in [4.69, 9.17) is 5.73 Å². The number of hydrogen-bond donors (Lipinski definition) is 1. The molecule has 0 aliphatic carbocycles. The molecule has 3 rings (SSSR count). The molecule has 0 bridgehead atoms. The van der Waals surface area contributed by atoms with Crippen LogP contribution in [0.5, 0.6) is 0 Å². The summed E-state index contributed by atoms with van der Waals surface area (Å²) in [5.41, 5.74) is 8.04. The fourth-order valence-electron chi connectivity index (χ4n) is 2.19. The number of nitrogens with two attached hydrogens (primary N) is 1. The van der Waals surface area contributed by atoms with Crippen LogP contribution < -0.4 is 5.73 Å². The topological polar surface area (TPSA) is 51.8 Å². The quantitative estimate of drug-likeness (QED) is 0.779. The normalized spacial score (nSPS) is 12.6. The molecule has 20 heavy (non-hydrogen) atoms. The molecule has 100 valence electrons. The van der Waals surface area contributed by atoms with Gasteiger partial charge in [-0.05, 0) is 24.3 Å². The first-order valence-electron chi connectivity index (χ1n) is 6.07. The molecule has 0 saturated heterocycles. The molecule has 0 fully saturated rings. The first-order valence-corrected chi connectivity index (χ1v) is 6.07. The Morgan fingerprint density at radius 3 is 2.60 bits per heavy atom. The van der Waals surface area contributed by atoms with E-state index in [0.717, 1.165) is 18.2 Å². The molecule has 3 aromatic rings. The highest BCUT2D eigenvalue weighted by atomic mass is 19.1. The SMILES string of the molecule is NC(c1cc(F)ccc1F)c1cccc2nccnc12. The third-order valence-corrected chi connectivity index (χ3v) is 3.16. The Kier molecular flexibility index (Phi) is 3.12. The van der Waals surface area contributed by atoms with E-state index in [2.05, 4.69) is 9.97 Å². The van der Waals surface area contributed by atoms with Crippen LogP contribution in [0.1, 0.15) is 17.2 Å². The van der Waals surface area contributed by atoms with Gasteiger partial charge in [-0.3, -0.25) is 9.97 Å². The lowest BCUT2D eigenvalue weighted by Crippen LogP contribution is -2.15. The second-order valence-electron chi connectivity index (χ2n) is 4.41. The lowest BCUT2D eigenvalue weighted by atomic mass is 9.97. The summed E-state index contributed by atoms with van der Waals surface area (Å²) in [4.78, 5) is 8.39. The number of hydrogen-bond acceptors (Lipinski definition) is 3. The van der Waals surface area contributed by atoms with Crippen molar-refractivity contribution in [2.45, 2.75) is 6.04 Å². The molecule has 0 spiro atoms. The van der Waals surface area contributed by atoms with Gasteiger partial charge >= 0.3 is 0 Å².